The Balaban J connectivity index is 1.60. The van der Waals surface area contributed by atoms with Gasteiger partial charge in [0.1, 0.15) is 0 Å². The van der Waals surface area contributed by atoms with Crippen molar-refractivity contribution in [2.75, 3.05) is 6.54 Å². The molecule has 0 spiro atoms. The normalized spacial score (nSPS) is 31.9. The Morgan fingerprint density at radius 3 is 2.71 bits per heavy atom. The lowest BCUT2D eigenvalue weighted by molar-refractivity contribution is -0.140. The van der Waals surface area contributed by atoms with Gasteiger partial charge in [0.25, 0.3) is 0 Å². The van der Waals surface area contributed by atoms with Crippen molar-refractivity contribution in [2.24, 2.45) is 17.8 Å². The van der Waals surface area contributed by atoms with Crippen LogP contribution < -0.4 is 10.6 Å². The van der Waals surface area contributed by atoms with Crippen LogP contribution in [0.5, 0.6) is 0 Å². The molecule has 2 rings (SSSR count). The quantitative estimate of drug-likeness (QED) is 0.682. The summed E-state index contributed by atoms with van der Waals surface area (Å²) >= 11 is 0. The van der Waals surface area contributed by atoms with Crippen molar-refractivity contribution in [3.8, 4) is 0 Å². The number of urea groups is 1. The molecule has 4 unspecified atom stereocenters. The molecule has 5 nitrogen and oxygen atoms in total. The molecular weight excluding hydrogens is 268 g/mol. The lowest BCUT2D eigenvalue weighted by atomic mass is 9.81. The average molecular weight is 294 g/mol. The fourth-order valence-electron chi connectivity index (χ4n) is 3.42. The number of carboxylic acids is 1. The van der Waals surface area contributed by atoms with Crippen molar-refractivity contribution in [3.63, 3.8) is 0 Å². The molecule has 2 aliphatic rings. The smallest absolute Gasteiger partial charge is 0.315 e. The molecule has 118 valence electrons. The molecule has 0 aliphatic heterocycles. The van der Waals surface area contributed by atoms with Crippen LogP contribution in [0.25, 0.3) is 0 Å². The zero-order valence-corrected chi connectivity index (χ0v) is 12.7. The molecule has 0 radical (unpaired) electrons. The topological polar surface area (TPSA) is 78.4 Å². The van der Waals surface area contributed by atoms with Crippen molar-refractivity contribution in [1.29, 1.82) is 0 Å². The van der Waals surface area contributed by atoms with Crippen LogP contribution in [-0.2, 0) is 4.79 Å². The minimum Gasteiger partial charge on any atom is -0.481 e. The van der Waals surface area contributed by atoms with E-state index in [1.54, 1.807) is 12.2 Å². The van der Waals surface area contributed by atoms with Crippen molar-refractivity contribution in [2.45, 2.75) is 51.5 Å². The summed E-state index contributed by atoms with van der Waals surface area (Å²) in [6, 6.07) is -0.361. The van der Waals surface area contributed by atoms with Crippen molar-refractivity contribution in [1.82, 2.24) is 10.6 Å². The second-order valence-corrected chi connectivity index (χ2v) is 6.50. The number of rotatable bonds is 5. The van der Waals surface area contributed by atoms with Crippen LogP contribution in [0, 0.1) is 17.8 Å². The van der Waals surface area contributed by atoms with Crippen LogP contribution in [-0.4, -0.2) is 29.7 Å². The monoisotopic (exact) mass is 294 g/mol. The highest BCUT2D eigenvalue weighted by Gasteiger charge is 2.25. The van der Waals surface area contributed by atoms with Gasteiger partial charge in [0.15, 0.2) is 0 Å². The van der Waals surface area contributed by atoms with Crippen LogP contribution in [0.3, 0.4) is 0 Å². The Bertz CT molecular complexity index is 408. The average Bonchev–Trinajstić information content (AvgIpc) is 2.87. The first kappa shape index (κ1) is 15.9. The third-order valence-electron chi connectivity index (χ3n) is 4.60. The Labute approximate surface area is 126 Å². The molecule has 1 fully saturated rings. The third-order valence-corrected chi connectivity index (χ3v) is 4.60. The van der Waals surface area contributed by atoms with Crippen molar-refractivity contribution >= 4 is 12.0 Å². The predicted octanol–water partition coefficient (Wildman–Crippen LogP) is 2.53. The van der Waals surface area contributed by atoms with E-state index in [1.165, 1.54) is 25.7 Å². The van der Waals surface area contributed by atoms with Gasteiger partial charge < -0.3 is 15.7 Å². The molecule has 4 atom stereocenters. The number of aliphatic carboxylic acids is 1. The summed E-state index contributed by atoms with van der Waals surface area (Å²) in [7, 11) is 0. The van der Waals surface area contributed by atoms with Gasteiger partial charge in [0, 0.05) is 6.54 Å². The highest BCUT2D eigenvalue weighted by Crippen LogP contribution is 2.30. The molecule has 2 amide bonds. The maximum Gasteiger partial charge on any atom is 0.315 e. The second-order valence-electron chi connectivity index (χ2n) is 6.50. The van der Waals surface area contributed by atoms with Gasteiger partial charge in [-0.2, -0.15) is 0 Å². The Kier molecular flexibility index (Phi) is 5.65. The predicted molar refractivity (Wildman–Crippen MR) is 80.9 cm³/mol. The summed E-state index contributed by atoms with van der Waals surface area (Å²) in [5.41, 5.74) is 0. The zero-order valence-electron chi connectivity index (χ0n) is 12.7. The molecule has 21 heavy (non-hydrogen) atoms. The molecule has 0 aromatic heterocycles. The minimum absolute atomic E-state index is 0.166. The second kappa shape index (κ2) is 7.48. The van der Waals surface area contributed by atoms with E-state index in [0.717, 1.165) is 18.3 Å². The molecule has 3 N–H and O–H groups in total. The Hall–Kier alpha value is -1.52. The van der Waals surface area contributed by atoms with E-state index in [2.05, 4.69) is 17.6 Å². The van der Waals surface area contributed by atoms with Gasteiger partial charge >= 0.3 is 12.0 Å². The first-order valence-corrected chi connectivity index (χ1v) is 8.00. The number of amides is 2. The molecule has 0 aromatic carbocycles. The minimum atomic E-state index is -0.831. The summed E-state index contributed by atoms with van der Waals surface area (Å²) in [5.74, 6) is 0.243. The lowest BCUT2D eigenvalue weighted by Crippen LogP contribution is -2.41. The van der Waals surface area contributed by atoms with E-state index in [-0.39, 0.29) is 12.1 Å². The van der Waals surface area contributed by atoms with E-state index < -0.39 is 11.9 Å². The first-order chi connectivity index (χ1) is 10.0. The largest absolute Gasteiger partial charge is 0.481 e. The van der Waals surface area contributed by atoms with Gasteiger partial charge in [-0.3, -0.25) is 4.79 Å². The number of hydrogen-bond donors (Lipinski definition) is 3. The van der Waals surface area contributed by atoms with E-state index in [4.69, 9.17) is 5.11 Å². The standard InChI is InChI=1S/C16H26N2O3/c1-11-3-2-4-12(9-11)7-8-17-16(21)18-14-6-5-13(10-14)15(19)20/h5-6,11-14H,2-4,7-10H2,1H3,(H,19,20)(H2,17,18,21). The van der Waals surface area contributed by atoms with Crippen LogP contribution in [0.2, 0.25) is 0 Å². The van der Waals surface area contributed by atoms with Crippen molar-refractivity contribution in [3.05, 3.63) is 12.2 Å². The molecule has 1 saturated carbocycles. The summed E-state index contributed by atoms with van der Waals surface area (Å²) < 4.78 is 0. The van der Waals surface area contributed by atoms with Gasteiger partial charge in [0.2, 0.25) is 0 Å². The van der Waals surface area contributed by atoms with Gasteiger partial charge in [-0.25, -0.2) is 4.79 Å². The van der Waals surface area contributed by atoms with Gasteiger partial charge in [-0.15, -0.1) is 0 Å². The number of nitrogens with one attached hydrogen (secondary N) is 2. The number of hydrogen-bond acceptors (Lipinski definition) is 2. The highest BCUT2D eigenvalue weighted by atomic mass is 16.4. The first-order valence-electron chi connectivity index (χ1n) is 8.00. The van der Waals surface area contributed by atoms with Crippen LogP contribution in [0.15, 0.2) is 12.2 Å². The lowest BCUT2D eigenvalue weighted by Gasteiger charge is -2.26. The van der Waals surface area contributed by atoms with Gasteiger partial charge in [-0.05, 0) is 31.1 Å². The summed E-state index contributed by atoms with van der Waals surface area (Å²) in [6.45, 7) is 3.00. The highest BCUT2D eigenvalue weighted by molar-refractivity contribution is 5.76. The van der Waals surface area contributed by atoms with E-state index in [1.807, 2.05) is 0 Å². The number of carbonyl (C=O) groups is 2. The van der Waals surface area contributed by atoms with Gasteiger partial charge in [-0.1, -0.05) is 38.3 Å². The van der Waals surface area contributed by atoms with Crippen LogP contribution >= 0.6 is 0 Å². The third kappa shape index (κ3) is 5.06. The summed E-state index contributed by atoms with van der Waals surface area (Å²) in [4.78, 5) is 22.6. The fourth-order valence-corrected chi connectivity index (χ4v) is 3.42. The Morgan fingerprint density at radius 1 is 1.24 bits per heavy atom. The SMILES string of the molecule is CC1CCCC(CCNC(=O)NC2C=CC(C(=O)O)C2)C1. The van der Waals surface area contributed by atoms with E-state index in [9.17, 15) is 9.59 Å². The molecule has 0 heterocycles. The molecule has 0 saturated heterocycles. The fraction of sp³-hybridized carbons (Fsp3) is 0.750. The number of carboxylic acid groups (broad SMARTS) is 1. The molecule has 2 aliphatic carbocycles. The molecule has 5 heteroatoms. The van der Waals surface area contributed by atoms with Crippen molar-refractivity contribution < 1.29 is 14.7 Å². The maximum absolute atomic E-state index is 11.8. The Morgan fingerprint density at radius 2 is 2.05 bits per heavy atom. The zero-order chi connectivity index (χ0) is 15.2. The molecule has 0 bridgehead atoms. The summed E-state index contributed by atoms with van der Waals surface area (Å²) in [5, 5.41) is 14.6. The van der Waals surface area contributed by atoms with Gasteiger partial charge in [0.05, 0.1) is 12.0 Å². The van der Waals surface area contributed by atoms with E-state index >= 15 is 0 Å². The van der Waals surface area contributed by atoms with Crippen LogP contribution in [0.1, 0.15) is 45.4 Å². The molecule has 0 aromatic rings. The summed E-state index contributed by atoms with van der Waals surface area (Å²) in [6.07, 6.45) is 10.1. The molecular formula is C16H26N2O3. The van der Waals surface area contributed by atoms with Crippen LogP contribution in [0.4, 0.5) is 4.79 Å². The maximum atomic E-state index is 11.8. The number of carbonyl (C=O) groups excluding carboxylic acids is 1. The van der Waals surface area contributed by atoms with E-state index in [0.29, 0.717) is 13.0 Å².